The molecule has 4 nitrogen and oxygen atoms in total. The van der Waals surface area contributed by atoms with Crippen LogP contribution in [0.1, 0.15) is 52.0 Å². The summed E-state index contributed by atoms with van der Waals surface area (Å²) < 4.78 is 11.2. The molecule has 1 aliphatic rings. The van der Waals surface area contributed by atoms with Crippen LogP contribution < -0.4 is 0 Å². The van der Waals surface area contributed by atoms with Gasteiger partial charge in [-0.15, -0.1) is 0 Å². The molecule has 0 atom stereocenters. The Morgan fingerprint density at radius 2 is 1.83 bits per heavy atom. The van der Waals surface area contributed by atoms with Gasteiger partial charge in [0.1, 0.15) is 12.1 Å². The largest absolute Gasteiger partial charge is 0.459 e. The van der Waals surface area contributed by atoms with Gasteiger partial charge < -0.3 is 9.47 Å². The summed E-state index contributed by atoms with van der Waals surface area (Å²) in [4.78, 5) is 16.1. The van der Waals surface area contributed by atoms with Gasteiger partial charge in [-0.2, -0.15) is 0 Å². The molecular weight excluding hydrogens is 290 g/mol. The summed E-state index contributed by atoms with van der Waals surface area (Å²) in [6, 6.07) is 10.2. The van der Waals surface area contributed by atoms with E-state index in [-0.39, 0.29) is 18.6 Å². The van der Waals surface area contributed by atoms with Crippen molar-refractivity contribution < 1.29 is 14.3 Å². The fourth-order valence-corrected chi connectivity index (χ4v) is 2.59. The van der Waals surface area contributed by atoms with E-state index in [0.717, 1.165) is 31.4 Å². The third-order valence-electron chi connectivity index (χ3n) is 3.69. The standard InChI is InChI=1S/C19H27NO3/c1-19(2,3)23-18(21)13-20-16-9-11-17(12-10-16)22-14-15-7-5-4-6-8-15/h4-8,17H,9-14H2,1-3H3. The van der Waals surface area contributed by atoms with E-state index in [1.165, 1.54) is 5.56 Å². The van der Waals surface area contributed by atoms with Gasteiger partial charge in [0.2, 0.25) is 0 Å². The number of benzene rings is 1. The molecule has 2 rings (SSSR count). The molecule has 1 aromatic carbocycles. The Morgan fingerprint density at radius 3 is 2.43 bits per heavy atom. The number of ether oxygens (including phenoxy) is 2. The zero-order valence-electron chi connectivity index (χ0n) is 14.4. The van der Waals surface area contributed by atoms with E-state index < -0.39 is 5.60 Å². The first kappa shape index (κ1) is 17.7. The average molecular weight is 317 g/mol. The minimum atomic E-state index is -0.444. The summed E-state index contributed by atoms with van der Waals surface area (Å²) in [5.41, 5.74) is 1.87. The number of hydrogen-bond acceptors (Lipinski definition) is 4. The first-order chi connectivity index (χ1) is 10.9. The fraction of sp³-hybridized carbons (Fsp3) is 0.579. The van der Waals surface area contributed by atoms with Gasteiger partial charge in [0.15, 0.2) is 0 Å². The van der Waals surface area contributed by atoms with Gasteiger partial charge in [-0.25, -0.2) is 0 Å². The number of carbonyl (C=O) groups is 1. The molecule has 0 aliphatic heterocycles. The minimum Gasteiger partial charge on any atom is -0.459 e. The van der Waals surface area contributed by atoms with E-state index in [1.54, 1.807) is 0 Å². The van der Waals surface area contributed by atoms with Gasteiger partial charge >= 0.3 is 5.97 Å². The lowest BCUT2D eigenvalue weighted by Gasteiger charge is -2.24. The van der Waals surface area contributed by atoms with Crippen LogP contribution in [0.4, 0.5) is 0 Å². The summed E-state index contributed by atoms with van der Waals surface area (Å²) in [5, 5.41) is 0. The molecular formula is C19H27NO3. The van der Waals surface area contributed by atoms with Crippen LogP contribution in [0.2, 0.25) is 0 Å². The molecule has 0 unspecified atom stereocenters. The average Bonchev–Trinajstić information content (AvgIpc) is 2.51. The maximum atomic E-state index is 11.7. The summed E-state index contributed by atoms with van der Waals surface area (Å²) in [7, 11) is 0. The third kappa shape index (κ3) is 6.95. The summed E-state index contributed by atoms with van der Waals surface area (Å²) in [5.74, 6) is -0.257. The van der Waals surface area contributed by atoms with E-state index in [9.17, 15) is 4.79 Å². The molecule has 0 bridgehead atoms. The highest BCUT2D eigenvalue weighted by Gasteiger charge is 2.19. The van der Waals surface area contributed by atoms with Crippen molar-refractivity contribution in [1.82, 2.24) is 0 Å². The number of hydrogen-bond donors (Lipinski definition) is 0. The second-order valence-corrected chi connectivity index (χ2v) is 6.96. The normalized spacial score (nSPS) is 18.6. The third-order valence-corrected chi connectivity index (χ3v) is 3.69. The fourth-order valence-electron chi connectivity index (χ4n) is 2.59. The lowest BCUT2D eigenvalue weighted by molar-refractivity contribution is -0.152. The second kappa shape index (κ2) is 8.25. The molecule has 0 amide bonds. The Bertz CT molecular complexity index is 521. The topological polar surface area (TPSA) is 47.9 Å². The van der Waals surface area contributed by atoms with Crippen molar-refractivity contribution in [3.63, 3.8) is 0 Å². The first-order valence-electron chi connectivity index (χ1n) is 8.32. The predicted molar refractivity (Wildman–Crippen MR) is 91.6 cm³/mol. The van der Waals surface area contributed by atoms with E-state index >= 15 is 0 Å². The van der Waals surface area contributed by atoms with Crippen LogP contribution in [0, 0.1) is 0 Å². The van der Waals surface area contributed by atoms with Crippen molar-refractivity contribution in [3.05, 3.63) is 35.9 Å². The van der Waals surface area contributed by atoms with Gasteiger partial charge in [0, 0.05) is 5.71 Å². The Labute approximate surface area is 138 Å². The van der Waals surface area contributed by atoms with Crippen molar-refractivity contribution in [1.29, 1.82) is 0 Å². The van der Waals surface area contributed by atoms with Crippen LogP contribution in [-0.4, -0.2) is 29.9 Å². The Morgan fingerprint density at radius 1 is 1.17 bits per heavy atom. The molecule has 1 fully saturated rings. The van der Waals surface area contributed by atoms with Gasteiger partial charge in [0.25, 0.3) is 0 Å². The van der Waals surface area contributed by atoms with Gasteiger partial charge in [-0.1, -0.05) is 30.3 Å². The molecule has 0 heterocycles. The van der Waals surface area contributed by atoms with Crippen molar-refractivity contribution in [3.8, 4) is 0 Å². The minimum absolute atomic E-state index is 0.127. The molecule has 126 valence electrons. The smallest absolute Gasteiger partial charge is 0.328 e. The molecule has 0 spiro atoms. The van der Waals surface area contributed by atoms with Crippen LogP contribution in [0.3, 0.4) is 0 Å². The highest BCUT2D eigenvalue weighted by atomic mass is 16.6. The molecule has 23 heavy (non-hydrogen) atoms. The Hall–Kier alpha value is -1.68. The number of nitrogens with zero attached hydrogens (tertiary/aromatic N) is 1. The van der Waals surface area contributed by atoms with Crippen molar-refractivity contribution in [2.75, 3.05) is 6.54 Å². The van der Waals surface area contributed by atoms with Crippen LogP contribution in [0.5, 0.6) is 0 Å². The zero-order chi connectivity index (χ0) is 16.7. The highest BCUT2D eigenvalue weighted by Crippen LogP contribution is 2.20. The Balaban J connectivity index is 1.69. The molecule has 1 saturated carbocycles. The molecule has 0 radical (unpaired) electrons. The first-order valence-corrected chi connectivity index (χ1v) is 8.32. The summed E-state index contributed by atoms with van der Waals surface area (Å²) in [6.45, 7) is 6.39. The Kier molecular flexibility index (Phi) is 6.34. The van der Waals surface area contributed by atoms with Gasteiger partial charge in [-0.3, -0.25) is 9.79 Å². The van der Waals surface area contributed by atoms with Crippen molar-refractivity contribution in [2.24, 2.45) is 4.99 Å². The zero-order valence-corrected chi connectivity index (χ0v) is 14.4. The molecule has 0 N–H and O–H groups in total. The monoisotopic (exact) mass is 317 g/mol. The van der Waals surface area contributed by atoms with E-state index in [2.05, 4.69) is 17.1 Å². The van der Waals surface area contributed by atoms with Gasteiger partial charge in [0.05, 0.1) is 12.7 Å². The number of carbonyl (C=O) groups excluding carboxylic acids is 1. The van der Waals surface area contributed by atoms with Crippen LogP contribution >= 0.6 is 0 Å². The maximum absolute atomic E-state index is 11.7. The van der Waals surface area contributed by atoms with Crippen molar-refractivity contribution >= 4 is 11.7 Å². The molecule has 4 heteroatoms. The lowest BCUT2D eigenvalue weighted by atomic mass is 9.95. The van der Waals surface area contributed by atoms with E-state index in [0.29, 0.717) is 6.61 Å². The number of aliphatic imine (C=N–C) groups is 1. The van der Waals surface area contributed by atoms with E-state index in [4.69, 9.17) is 9.47 Å². The highest BCUT2D eigenvalue weighted by molar-refractivity contribution is 5.87. The number of esters is 1. The molecule has 1 aromatic rings. The van der Waals surface area contributed by atoms with Crippen LogP contribution in [0.15, 0.2) is 35.3 Å². The molecule has 0 aromatic heterocycles. The quantitative estimate of drug-likeness (QED) is 0.773. The molecule has 1 aliphatic carbocycles. The summed E-state index contributed by atoms with van der Waals surface area (Å²) in [6.07, 6.45) is 4.04. The van der Waals surface area contributed by atoms with Crippen LogP contribution in [0.25, 0.3) is 0 Å². The second-order valence-electron chi connectivity index (χ2n) is 6.96. The predicted octanol–water partition coefficient (Wildman–Crippen LogP) is 3.93. The van der Waals surface area contributed by atoms with E-state index in [1.807, 2.05) is 39.0 Å². The maximum Gasteiger partial charge on any atom is 0.328 e. The SMILES string of the molecule is CC(C)(C)OC(=O)CN=C1CCC(OCc2ccccc2)CC1. The lowest BCUT2D eigenvalue weighted by Crippen LogP contribution is -2.26. The summed E-state index contributed by atoms with van der Waals surface area (Å²) >= 11 is 0. The number of rotatable bonds is 5. The van der Waals surface area contributed by atoms with Crippen LogP contribution in [-0.2, 0) is 20.9 Å². The van der Waals surface area contributed by atoms with Gasteiger partial charge in [-0.05, 0) is 52.0 Å². The molecule has 0 saturated heterocycles. The van der Waals surface area contributed by atoms with Crippen molar-refractivity contribution in [2.45, 2.75) is 64.8 Å².